The van der Waals surface area contributed by atoms with Crippen molar-refractivity contribution in [2.45, 2.75) is 19.4 Å². The van der Waals surface area contributed by atoms with Gasteiger partial charge in [0, 0.05) is 6.20 Å². The molecule has 0 aliphatic rings. The highest BCUT2D eigenvalue weighted by molar-refractivity contribution is 5.67. The fourth-order valence-corrected chi connectivity index (χ4v) is 0.937. The molecule has 1 N–H and O–H groups in total. The minimum Gasteiger partial charge on any atom is -0.489 e. The zero-order chi connectivity index (χ0) is 9.68. The fourth-order valence-electron chi connectivity index (χ4n) is 0.937. The molecule has 0 saturated carbocycles. The van der Waals surface area contributed by atoms with E-state index in [4.69, 9.17) is 9.84 Å². The Labute approximate surface area is 76.2 Å². The van der Waals surface area contributed by atoms with E-state index in [9.17, 15) is 4.79 Å². The lowest BCUT2D eigenvalue weighted by Gasteiger charge is -2.11. The molecular weight excluding hydrogens is 170 g/mol. The largest absolute Gasteiger partial charge is 0.489 e. The lowest BCUT2D eigenvalue weighted by atomic mass is 10.3. The smallest absolute Gasteiger partial charge is 0.307 e. The monoisotopic (exact) mass is 181 g/mol. The quantitative estimate of drug-likeness (QED) is 0.761. The maximum Gasteiger partial charge on any atom is 0.307 e. The molecule has 70 valence electrons. The standard InChI is InChI=1S/C9H11NO3/c1-7(5-9(11)12)13-8-3-2-4-10-6-8/h2-4,6-7H,5H2,1H3,(H,11,12). The number of hydrogen-bond donors (Lipinski definition) is 1. The van der Waals surface area contributed by atoms with Crippen molar-refractivity contribution in [2.24, 2.45) is 0 Å². The molecule has 0 spiro atoms. The van der Waals surface area contributed by atoms with E-state index in [2.05, 4.69) is 4.98 Å². The van der Waals surface area contributed by atoms with E-state index in [1.165, 1.54) is 0 Å². The normalized spacial score (nSPS) is 12.1. The zero-order valence-corrected chi connectivity index (χ0v) is 7.30. The number of pyridine rings is 1. The second-order valence-corrected chi connectivity index (χ2v) is 2.72. The number of rotatable bonds is 4. The highest BCUT2D eigenvalue weighted by Crippen LogP contribution is 2.10. The Balaban J connectivity index is 2.45. The van der Waals surface area contributed by atoms with Gasteiger partial charge in [-0.05, 0) is 19.1 Å². The van der Waals surface area contributed by atoms with Crippen LogP contribution in [0.5, 0.6) is 5.75 Å². The van der Waals surface area contributed by atoms with Crippen LogP contribution in [0.3, 0.4) is 0 Å². The summed E-state index contributed by atoms with van der Waals surface area (Å²) in [7, 11) is 0. The number of aliphatic carboxylic acids is 1. The minimum absolute atomic E-state index is 0.00507. The van der Waals surface area contributed by atoms with Gasteiger partial charge in [-0.15, -0.1) is 0 Å². The molecule has 0 aliphatic carbocycles. The molecule has 1 atom stereocenters. The second-order valence-electron chi connectivity index (χ2n) is 2.72. The van der Waals surface area contributed by atoms with E-state index < -0.39 is 5.97 Å². The number of ether oxygens (including phenoxy) is 1. The number of carboxylic acids is 1. The Morgan fingerprint density at radius 2 is 2.54 bits per heavy atom. The molecule has 4 nitrogen and oxygen atoms in total. The lowest BCUT2D eigenvalue weighted by Crippen LogP contribution is -2.16. The first-order valence-corrected chi connectivity index (χ1v) is 3.97. The number of carboxylic acid groups (broad SMARTS) is 1. The molecule has 4 heteroatoms. The van der Waals surface area contributed by atoms with Crippen LogP contribution in [-0.2, 0) is 4.79 Å². The number of nitrogens with zero attached hydrogens (tertiary/aromatic N) is 1. The molecule has 0 aromatic carbocycles. The lowest BCUT2D eigenvalue weighted by molar-refractivity contribution is -0.138. The Morgan fingerprint density at radius 3 is 3.08 bits per heavy atom. The van der Waals surface area contributed by atoms with E-state index in [1.807, 2.05) is 0 Å². The molecule has 0 aliphatic heterocycles. The van der Waals surface area contributed by atoms with Gasteiger partial charge in [0.05, 0.1) is 12.6 Å². The van der Waals surface area contributed by atoms with Crippen LogP contribution in [0.2, 0.25) is 0 Å². The summed E-state index contributed by atoms with van der Waals surface area (Å²) in [5.74, 6) is -0.271. The molecule has 0 saturated heterocycles. The van der Waals surface area contributed by atoms with Crippen LogP contribution in [-0.4, -0.2) is 22.2 Å². The van der Waals surface area contributed by atoms with E-state index >= 15 is 0 Å². The van der Waals surface area contributed by atoms with Crippen molar-refractivity contribution >= 4 is 5.97 Å². The highest BCUT2D eigenvalue weighted by Gasteiger charge is 2.08. The zero-order valence-electron chi connectivity index (χ0n) is 7.30. The number of hydrogen-bond acceptors (Lipinski definition) is 3. The Morgan fingerprint density at radius 1 is 1.77 bits per heavy atom. The van der Waals surface area contributed by atoms with Crippen LogP contribution in [0.4, 0.5) is 0 Å². The molecule has 0 fully saturated rings. The molecule has 0 bridgehead atoms. The van der Waals surface area contributed by atoms with Gasteiger partial charge in [0.25, 0.3) is 0 Å². The van der Waals surface area contributed by atoms with Crippen LogP contribution < -0.4 is 4.74 Å². The number of aromatic nitrogens is 1. The SMILES string of the molecule is CC(CC(=O)O)Oc1cccnc1. The summed E-state index contributed by atoms with van der Waals surface area (Å²) in [4.78, 5) is 14.1. The predicted molar refractivity (Wildman–Crippen MR) is 46.6 cm³/mol. The summed E-state index contributed by atoms with van der Waals surface area (Å²) in [5.41, 5.74) is 0. The predicted octanol–water partition coefficient (Wildman–Crippen LogP) is 1.32. The molecule has 1 aromatic heterocycles. The first-order valence-electron chi connectivity index (χ1n) is 3.97. The van der Waals surface area contributed by atoms with E-state index in [0.717, 1.165) is 0 Å². The molecule has 13 heavy (non-hydrogen) atoms. The molecule has 1 aromatic rings. The minimum atomic E-state index is -0.864. The van der Waals surface area contributed by atoms with Crippen molar-refractivity contribution in [1.82, 2.24) is 4.98 Å². The van der Waals surface area contributed by atoms with E-state index in [1.54, 1.807) is 31.5 Å². The van der Waals surface area contributed by atoms with Crippen molar-refractivity contribution in [1.29, 1.82) is 0 Å². The number of carbonyl (C=O) groups is 1. The molecule has 1 rings (SSSR count). The van der Waals surface area contributed by atoms with Crippen molar-refractivity contribution in [3.8, 4) is 5.75 Å². The first-order chi connectivity index (χ1) is 6.18. The molecular formula is C9H11NO3. The van der Waals surface area contributed by atoms with Crippen LogP contribution >= 0.6 is 0 Å². The molecule has 0 radical (unpaired) electrons. The van der Waals surface area contributed by atoms with Gasteiger partial charge < -0.3 is 9.84 Å². The van der Waals surface area contributed by atoms with Crippen molar-refractivity contribution in [3.63, 3.8) is 0 Å². The summed E-state index contributed by atoms with van der Waals surface area (Å²) in [6.45, 7) is 1.71. The van der Waals surface area contributed by atoms with Crippen LogP contribution in [0.25, 0.3) is 0 Å². The summed E-state index contributed by atoms with van der Waals surface area (Å²) in [6, 6.07) is 3.48. The van der Waals surface area contributed by atoms with Crippen LogP contribution in [0.1, 0.15) is 13.3 Å². The van der Waals surface area contributed by atoms with Crippen molar-refractivity contribution < 1.29 is 14.6 Å². The average Bonchev–Trinajstić information content (AvgIpc) is 2.04. The van der Waals surface area contributed by atoms with Crippen molar-refractivity contribution in [2.75, 3.05) is 0 Å². The van der Waals surface area contributed by atoms with Crippen LogP contribution in [0.15, 0.2) is 24.5 Å². The van der Waals surface area contributed by atoms with Crippen LogP contribution in [0, 0.1) is 0 Å². The van der Waals surface area contributed by atoms with Gasteiger partial charge in [-0.1, -0.05) is 0 Å². The highest BCUT2D eigenvalue weighted by atomic mass is 16.5. The van der Waals surface area contributed by atoms with Gasteiger partial charge in [0.2, 0.25) is 0 Å². The average molecular weight is 181 g/mol. The fraction of sp³-hybridized carbons (Fsp3) is 0.333. The van der Waals surface area contributed by atoms with Gasteiger partial charge in [-0.25, -0.2) is 0 Å². The van der Waals surface area contributed by atoms with Gasteiger partial charge in [0.15, 0.2) is 0 Å². The Hall–Kier alpha value is -1.58. The van der Waals surface area contributed by atoms with E-state index in [-0.39, 0.29) is 12.5 Å². The third-order valence-corrected chi connectivity index (χ3v) is 1.43. The van der Waals surface area contributed by atoms with Gasteiger partial charge >= 0.3 is 5.97 Å². The van der Waals surface area contributed by atoms with Gasteiger partial charge in [0.1, 0.15) is 11.9 Å². The summed E-state index contributed by atoms with van der Waals surface area (Å²) in [5, 5.41) is 8.47. The van der Waals surface area contributed by atoms with E-state index in [0.29, 0.717) is 5.75 Å². The topological polar surface area (TPSA) is 59.4 Å². The Kier molecular flexibility index (Phi) is 3.25. The Bertz CT molecular complexity index is 273. The molecule has 1 heterocycles. The third-order valence-electron chi connectivity index (χ3n) is 1.43. The maximum absolute atomic E-state index is 10.3. The summed E-state index contributed by atoms with van der Waals surface area (Å²) >= 11 is 0. The molecule has 1 unspecified atom stereocenters. The van der Waals surface area contributed by atoms with Gasteiger partial charge in [-0.2, -0.15) is 0 Å². The van der Waals surface area contributed by atoms with Crippen molar-refractivity contribution in [3.05, 3.63) is 24.5 Å². The molecule has 0 amide bonds. The first kappa shape index (κ1) is 9.51. The second kappa shape index (κ2) is 4.45. The maximum atomic E-state index is 10.3. The summed E-state index contributed by atoms with van der Waals surface area (Å²) < 4.78 is 5.28. The summed E-state index contributed by atoms with van der Waals surface area (Å²) in [6.07, 6.45) is 2.85. The third kappa shape index (κ3) is 3.55. The van der Waals surface area contributed by atoms with Gasteiger partial charge in [-0.3, -0.25) is 9.78 Å².